The van der Waals surface area contributed by atoms with Crippen molar-refractivity contribution >= 4 is 0 Å². The van der Waals surface area contributed by atoms with E-state index in [2.05, 4.69) is 74.5 Å². The molecule has 0 N–H and O–H groups in total. The van der Waals surface area contributed by atoms with Crippen LogP contribution in [0.4, 0.5) is 0 Å². The fraction of sp³-hybridized carbons (Fsp3) is 0.556. The van der Waals surface area contributed by atoms with Gasteiger partial charge in [0.1, 0.15) is 0 Å². The average molecular weight is 365 g/mol. The van der Waals surface area contributed by atoms with Crippen molar-refractivity contribution in [2.45, 2.75) is 96.3 Å². The second kappa shape index (κ2) is 12.8. The van der Waals surface area contributed by atoms with Gasteiger partial charge in [-0.3, -0.25) is 0 Å². The Kier molecular flexibility index (Phi) is 10.3. The van der Waals surface area contributed by atoms with E-state index < -0.39 is 0 Å². The van der Waals surface area contributed by atoms with Gasteiger partial charge in [-0.25, -0.2) is 0 Å². The predicted octanol–water partition coefficient (Wildman–Crippen LogP) is 8.69. The number of benzene rings is 2. The lowest BCUT2D eigenvalue weighted by Crippen LogP contribution is -2.27. The van der Waals surface area contributed by atoms with Gasteiger partial charge >= 0.3 is 0 Å². The van der Waals surface area contributed by atoms with Crippen molar-refractivity contribution in [2.24, 2.45) is 0 Å². The largest absolute Gasteiger partial charge is 0.0654 e. The van der Waals surface area contributed by atoms with Crippen LogP contribution in [0.15, 0.2) is 60.7 Å². The molecular formula is C27H40. The molecule has 0 aromatic heterocycles. The third-order valence-electron chi connectivity index (χ3n) is 6.04. The van der Waals surface area contributed by atoms with Gasteiger partial charge in [0.2, 0.25) is 0 Å². The maximum atomic E-state index is 2.34. The SMILES string of the molecule is CCCCCCCCCCCC(CCC)(c1ccccc1)c1ccccc1. The van der Waals surface area contributed by atoms with E-state index >= 15 is 0 Å². The summed E-state index contributed by atoms with van der Waals surface area (Å²) in [7, 11) is 0. The van der Waals surface area contributed by atoms with Crippen LogP contribution in [-0.2, 0) is 5.41 Å². The first-order valence-corrected chi connectivity index (χ1v) is 11.4. The summed E-state index contributed by atoms with van der Waals surface area (Å²) in [6.07, 6.45) is 16.3. The van der Waals surface area contributed by atoms with Crippen LogP contribution < -0.4 is 0 Å². The molecule has 2 aromatic carbocycles. The lowest BCUT2D eigenvalue weighted by atomic mass is 9.68. The number of unbranched alkanes of at least 4 members (excludes halogenated alkanes) is 8. The van der Waals surface area contributed by atoms with Crippen LogP contribution in [0.1, 0.15) is 102 Å². The number of rotatable bonds is 14. The smallest absolute Gasteiger partial charge is 0.0202 e. The lowest BCUT2D eigenvalue weighted by molar-refractivity contribution is 0.405. The second-order valence-electron chi connectivity index (χ2n) is 8.14. The van der Waals surface area contributed by atoms with Crippen molar-refractivity contribution in [2.75, 3.05) is 0 Å². The van der Waals surface area contributed by atoms with Crippen LogP contribution >= 0.6 is 0 Å². The summed E-state index contributed by atoms with van der Waals surface area (Å²) in [6, 6.07) is 22.5. The van der Waals surface area contributed by atoms with Gasteiger partial charge in [-0.15, -0.1) is 0 Å². The highest BCUT2D eigenvalue weighted by Crippen LogP contribution is 2.41. The van der Waals surface area contributed by atoms with Gasteiger partial charge in [-0.05, 0) is 24.0 Å². The van der Waals surface area contributed by atoms with Crippen molar-refractivity contribution in [3.05, 3.63) is 71.8 Å². The molecule has 0 aliphatic rings. The van der Waals surface area contributed by atoms with Crippen LogP contribution in [-0.4, -0.2) is 0 Å². The fourth-order valence-electron chi connectivity index (χ4n) is 4.55. The maximum absolute atomic E-state index is 2.34. The Bertz CT molecular complexity index is 544. The van der Waals surface area contributed by atoms with E-state index in [1.165, 1.54) is 88.2 Å². The van der Waals surface area contributed by atoms with Gasteiger partial charge < -0.3 is 0 Å². The summed E-state index contributed by atoms with van der Waals surface area (Å²) in [5.41, 5.74) is 3.17. The Morgan fingerprint density at radius 2 is 0.926 bits per heavy atom. The maximum Gasteiger partial charge on any atom is 0.0202 e. The molecule has 0 fully saturated rings. The Hall–Kier alpha value is -1.56. The second-order valence-corrected chi connectivity index (χ2v) is 8.14. The van der Waals surface area contributed by atoms with Crippen molar-refractivity contribution in [1.82, 2.24) is 0 Å². The molecule has 0 bridgehead atoms. The molecule has 148 valence electrons. The molecule has 0 heterocycles. The van der Waals surface area contributed by atoms with E-state index in [1.807, 2.05) is 0 Å². The normalized spacial score (nSPS) is 11.6. The van der Waals surface area contributed by atoms with Crippen LogP contribution in [0, 0.1) is 0 Å². The van der Waals surface area contributed by atoms with Crippen molar-refractivity contribution in [3.63, 3.8) is 0 Å². The van der Waals surface area contributed by atoms with Gasteiger partial charge in [-0.2, -0.15) is 0 Å². The van der Waals surface area contributed by atoms with Gasteiger partial charge in [-0.1, -0.05) is 139 Å². The van der Waals surface area contributed by atoms with E-state index in [4.69, 9.17) is 0 Å². The topological polar surface area (TPSA) is 0 Å². The minimum Gasteiger partial charge on any atom is -0.0654 e. The summed E-state index contributed by atoms with van der Waals surface area (Å²) >= 11 is 0. The predicted molar refractivity (Wildman–Crippen MR) is 120 cm³/mol. The van der Waals surface area contributed by atoms with Gasteiger partial charge in [0.25, 0.3) is 0 Å². The standard InChI is InChI=1S/C27H40/c1-3-5-6-7-8-9-10-11-18-24-27(23-4-2,25-19-14-12-15-20-25)26-21-16-13-17-22-26/h12-17,19-22H,3-11,18,23-24H2,1-2H3. The van der Waals surface area contributed by atoms with Crippen molar-refractivity contribution in [3.8, 4) is 0 Å². The molecule has 0 saturated heterocycles. The van der Waals surface area contributed by atoms with Crippen LogP contribution in [0.25, 0.3) is 0 Å². The van der Waals surface area contributed by atoms with E-state index in [-0.39, 0.29) is 5.41 Å². The average Bonchev–Trinajstić information content (AvgIpc) is 2.73. The Morgan fingerprint density at radius 3 is 1.37 bits per heavy atom. The molecule has 0 nitrogen and oxygen atoms in total. The minimum absolute atomic E-state index is 0.179. The quantitative estimate of drug-likeness (QED) is 0.294. The molecule has 0 aliphatic heterocycles. The zero-order valence-corrected chi connectivity index (χ0v) is 17.8. The van der Waals surface area contributed by atoms with Gasteiger partial charge in [0.15, 0.2) is 0 Å². The molecule has 0 heteroatoms. The first-order valence-electron chi connectivity index (χ1n) is 11.4. The Balaban J connectivity index is 1.97. The summed E-state index contributed by atoms with van der Waals surface area (Å²) < 4.78 is 0. The Morgan fingerprint density at radius 1 is 0.481 bits per heavy atom. The summed E-state index contributed by atoms with van der Waals surface area (Å²) in [6.45, 7) is 4.62. The molecular weight excluding hydrogens is 324 g/mol. The monoisotopic (exact) mass is 364 g/mol. The molecule has 0 aliphatic carbocycles. The van der Waals surface area contributed by atoms with Gasteiger partial charge in [0.05, 0.1) is 0 Å². The fourth-order valence-corrected chi connectivity index (χ4v) is 4.55. The molecule has 2 rings (SSSR count). The highest BCUT2D eigenvalue weighted by molar-refractivity contribution is 5.39. The van der Waals surface area contributed by atoms with Gasteiger partial charge in [0, 0.05) is 5.41 Å². The minimum atomic E-state index is 0.179. The Labute approximate surface area is 168 Å². The molecule has 2 aromatic rings. The number of hydrogen-bond donors (Lipinski definition) is 0. The molecule has 0 spiro atoms. The third kappa shape index (κ3) is 6.83. The first kappa shape index (κ1) is 21.7. The number of hydrogen-bond acceptors (Lipinski definition) is 0. The van der Waals surface area contributed by atoms with E-state index in [0.717, 1.165) is 0 Å². The third-order valence-corrected chi connectivity index (χ3v) is 6.04. The van der Waals surface area contributed by atoms with Crippen LogP contribution in [0.2, 0.25) is 0 Å². The van der Waals surface area contributed by atoms with Crippen molar-refractivity contribution in [1.29, 1.82) is 0 Å². The van der Waals surface area contributed by atoms with E-state index in [1.54, 1.807) is 0 Å². The highest BCUT2D eigenvalue weighted by atomic mass is 14.4. The molecule has 0 saturated carbocycles. The highest BCUT2D eigenvalue weighted by Gasteiger charge is 2.32. The zero-order chi connectivity index (χ0) is 19.2. The van der Waals surface area contributed by atoms with E-state index in [9.17, 15) is 0 Å². The van der Waals surface area contributed by atoms with Crippen molar-refractivity contribution < 1.29 is 0 Å². The lowest BCUT2D eigenvalue weighted by Gasteiger charge is -2.35. The molecule has 0 radical (unpaired) electrons. The van der Waals surface area contributed by atoms with E-state index in [0.29, 0.717) is 0 Å². The molecule has 0 unspecified atom stereocenters. The molecule has 0 amide bonds. The van der Waals surface area contributed by atoms with Crippen LogP contribution in [0.3, 0.4) is 0 Å². The summed E-state index contributed by atoms with van der Waals surface area (Å²) in [4.78, 5) is 0. The summed E-state index contributed by atoms with van der Waals surface area (Å²) in [5.74, 6) is 0. The summed E-state index contributed by atoms with van der Waals surface area (Å²) in [5, 5.41) is 0. The molecule has 0 atom stereocenters. The first-order chi connectivity index (χ1) is 13.3. The zero-order valence-electron chi connectivity index (χ0n) is 17.8. The van der Waals surface area contributed by atoms with Crippen LogP contribution in [0.5, 0.6) is 0 Å². The molecule has 27 heavy (non-hydrogen) atoms.